The molecule has 0 aromatic heterocycles. The van der Waals surface area contributed by atoms with Crippen molar-refractivity contribution in [1.29, 1.82) is 0 Å². The predicted octanol–water partition coefficient (Wildman–Crippen LogP) is 3.67. The van der Waals surface area contributed by atoms with E-state index in [1.54, 1.807) is 12.1 Å². The Morgan fingerprint density at radius 2 is 1.77 bits per heavy atom. The van der Waals surface area contributed by atoms with Crippen molar-refractivity contribution in [2.45, 2.75) is 18.7 Å². The number of nitrogens with zero attached hydrogens (tertiary/aromatic N) is 1. The summed E-state index contributed by atoms with van der Waals surface area (Å²) in [7, 11) is -3.82. The molecule has 0 saturated heterocycles. The maximum absolute atomic E-state index is 12.3. The fraction of sp³-hybridized carbons (Fsp3) is 0.143. The summed E-state index contributed by atoms with van der Waals surface area (Å²) in [6.07, 6.45) is 0. The predicted molar refractivity (Wildman–Crippen MR) is 84.8 cm³/mol. The van der Waals surface area contributed by atoms with Crippen LogP contribution in [-0.2, 0) is 10.0 Å². The van der Waals surface area contributed by atoms with Crippen LogP contribution in [0.3, 0.4) is 0 Å². The van der Waals surface area contributed by atoms with Gasteiger partial charge in [-0.05, 0) is 49.2 Å². The second-order valence-electron chi connectivity index (χ2n) is 4.77. The number of nitrogens with one attached hydrogen (secondary N) is 1. The molecule has 0 amide bonds. The number of nitro benzene ring substituents is 1. The first-order chi connectivity index (χ1) is 10.2. The lowest BCUT2D eigenvalue weighted by Gasteiger charge is -2.10. The van der Waals surface area contributed by atoms with Crippen LogP contribution in [0.1, 0.15) is 11.1 Å². The van der Waals surface area contributed by atoms with Gasteiger partial charge >= 0.3 is 0 Å². The molecule has 2 rings (SSSR count). The third kappa shape index (κ3) is 3.37. The summed E-state index contributed by atoms with van der Waals surface area (Å²) in [6, 6.07) is 8.46. The number of aryl methyl sites for hydroxylation is 2. The van der Waals surface area contributed by atoms with Crippen molar-refractivity contribution < 1.29 is 13.3 Å². The fourth-order valence-electron chi connectivity index (χ4n) is 1.81. The highest BCUT2D eigenvalue weighted by atomic mass is 35.5. The zero-order valence-corrected chi connectivity index (χ0v) is 13.4. The summed E-state index contributed by atoms with van der Waals surface area (Å²) in [5.41, 5.74) is 1.53. The summed E-state index contributed by atoms with van der Waals surface area (Å²) in [5, 5.41) is 10.8. The van der Waals surface area contributed by atoms with Crippen LogP contribution in [0, 0.1) is 24.0 Å². The maximum atomic E-state index is 12.3. The van der Waals surface area contributed by atoms with Crippen LogP contribution < -0.4 is 4.72 Å². The molecule has 0 saturated carbocycles. The number of sulfonamides is 1. The van der Waals surface area contributed by atoms with Gasteiger partial charge in [0.25, 0.3) is 15.7 Å². The Morgan fingerprint density at radius 1 is 1.09 bits per heavy atom. The smallest absolute Gasteiger partial charge is 0.279 e. The number of hydrogen-bond acceptors (Lipinski definition) is 4. The summed E-state index contributed by atoms with van der Waals surface area (Å²) in [6.45, 7) is 3.68. The van der Waals surface area contributed by atoms with E-state index in [1.165, 1.54) is 18.2 Å². The summed E-state index contributed by atoms with van der Waals surface area (Å²) < 4.78 is 26.9. The quantitative estimate of drug-likeness (QED) is 0.679. The third-order valence-corrected chi connectivity index (χ3v) is 4.88. The van der Waals surface area contributed by atoms with E-state index >= 15 is 0 Å². The molecule has 1 N–H and O–H groups in total. The van der Waals surface area contributed by atoms with E-state index in [1.807, 2.05) is 13.8 Å². The van der Waals surface area contributed by atoms with Gasteiger partial charge in [-0.1, -0.05) is 17.7 Å². The molecule has 0 aliphatic rings. The molecule has 22 heavy (non-hydrogen) atoms. The van der Waals surface area contributed by atoms with E-state index < -0.39 is 14.9 Å². The van der Waals surface area contributed by atoms with Gasteiger partial charge in [-0.3, -0.25) is 14.8 Å². The van der Waals surface area contributed by atoms with Crippen molar-refractivity contribution in [3.63, 3.8) is 0 Å². The second kappa shape index (κ2) is 5.94. The van der Waals surface area contributed by atoms with Gasteiger partial charge in [0.15, 0.2) is 0 Å². The molecule has 0 unspecified atom stereocenters. The molecule has 2 aromatic rings. The van der Waals surface area contributed by atoms with Crippen molar-refractivity contribution >= 4 is 33.0 Å². The number of anilines is 1. The zero-order valence-electron chi connectivity index (χ0n) is 11.8. The minimum Gasteiger partial charge on any atom is -0.279 e. The van der Waals surface area contributed by atoms with Crippen LogP contribution in [0.2, 0.25) is 5.02 Å². The molecule has 8 heteroatoms. The molecule has 0 aliphatic heterocycles. The van der Waals surface area contributed by atoms with Gasteiger partial charge in [0, 0.05) is 6.07 Å². The minimum atomic E-state index is -3.82. The Bertz CT molecular complexity index is 850. The average molecular weight is 341 g/mol. The highest BCUT2D eigenvalue weighted by molar-refractivity contribution is 7.92. The Balaban J connectivity index is 2.38. The van der Waals surface area contributed by atoms with Crippen molar-refractivity contribution in [1.82, 2.24) is 0 Å². The van der Waals surface area contributed by atoms with Gasteiger partial charge in [-0.25, -0.2) is 8.42 Å². The van der Waals surface area contributed by atoms with E-state index in [9.17, 15) is 18.5 Å². The second-order valence-corrected chi connectivity index (χ2v) is 6.86. The topological polar surface area (TPSA) is 89.3 Å². The van der Waals surface area contributed by atoms with E-state index in [0.29, 0.717) is 0 Å². The van der Waals surface area contributed by atoms with Crippen LogP contribution in [0.15, 0.2) is 41.3 Å². The fourth-order valence-corrected chi connectivity index (χ4v) is 3.13. The highest BCUT2D eigenvalue weighted by Crippen LogP contribution is 2.28. The van der Waals surface area contributed by atoms with Crippen molar-refractivity contribution in [2.24, 2.45) is 0 Å². The molecule has 0 heterocycles. The van der Waals surface area contributed by atoms with Gasteiger partial charge in [0.1, 0.15) is 5.02 Å². The Hall–Kier alpha value is -2.12. The number of nitro groups is 1. The van der Waals surface area contributed by atoms with Crippen LogP contribution in [0.25, 0.3) is 0 Å². The van der Waals surface area contributed by atoms with Crippen molar-refractivity contribution in [3.05, 3.63) is 62.7 Å². The van der Waals surface area contributed by atoms with Crippen LogP contribution in [0.5, 0.6) is 0 Å². The van der Waals surface area contributed by atoms with E-state index in [2.05, 4.69) is 4.72 Å². The average Bonchev–Trinajstić information content (AvgIpc) is 2.43. The number of hydrogen-bond donors (Lipinski definition) is 1. The SMILES string of the molecule is Cc1ccc(S(=O)(=O)Nc2ccc(Cl)c([N+](=O)[O-])c2)cc1C. The summed E-state index contributed by atoms with van der Waals surface area (Å²) in [5.74, 6) is 0. The highest BCUT2D eigenvalue weighted by Gasteiger charge is 2.18. The van der Waals surface area contributed by atoms with Crippen molar-refractivity contribution in [3.8, 4) is 0 Å². The monoisotopic (exact) mass is 340 g/mol. The molecular weight excluding hydrogens is 328 g/mol. The number of benzene rings is 2. The van der Waals surface area contributed by atoms with Crippen LogP contribution in [-0.4, -0.2) is 13.3 Å². The molecular formula is C14H13ClN2O4S. The van der Waals surface area contributed by atoms with Gasteiger partial charge in [0.2, 0.25) is 0 Å². The van der Waals surface area contributed by atoms with Crippen LogP contribution >= 0.6 is 11.6 Å². The lowest BCUT2D eigenvalue weighted by molar-refractivity contribution is -0.384. The molecule has 0 fully saturated rings. The van der Waals surface area contributed by atoms with Crippen LogP contribution in [0.4, 0.5) is 11.4 Å². The minimum absolute atomic E-state index is 0.0564. The largest absolute Gasteiger partial charge is 0.289 e. The Labute approximate surface area is 132 Å². The molecule has 0 bridgehead atoms. The van der Waals surface area contributed by atoms with E-state index in [0.717, 1.165) is 17.2 Å². The lowest BCUT2D eigenvalue weighted by atomic mass is 10.1. The van der Waals surface area contributed by atoms with Gasteiger partial charge in [-0.15, -0.1) is 0 Å². The summed E-state index contributed by atoms with van der Waals surface area (Å²) in [4.78, 5) is 10.3. The number of halogens is 1. The van der Waals surface area contributed by atoms with Gasteiger partial charge in [-0.2, -0.15) is 0 Å². The third-order valence-electron chi connectivity index (χ3n) is 3.18. The summed E-state index contributed by atoms with van der Waals surface area (Å²) >= 11 is 5.70. The standard InChI is InChI=1S/C14H13ClN2O4S/c1-9-3-5-12(7-10(9)2)22(20,21)16-11-4-6-13(15)14(8-11)17(18)19/h3-8,16H,1-2H3. The van der Waals surface area contributed by atoms with Crippen molar-refractivity contribution in [2.75, 3.05) is 4.72 Å². The maximum Gasteiger partial charge on any atom is 0.289 e. The number of rotatable bonds is 4. The zero-order chi connectivity index (χ0) is 16.5. The molecule has 6 nitrogen and oxygen atoms in total. The van der Waals surface area contributed by atoms with Gasteiger partial charge in [0.05, 0.1) is 15.5 Å². The molecule has 0 spiro atoms. The first-order valence-electron chi connectivity index (χ1n) is 6.25. The molecule has 0 aliphatic carbocycles. The van der Waals surface area contributed by atoms with E-state index in [4.69, 9.17) is 11.6 Å². The Kier molecular flexibility index (Phi) is 4.39. The first kappa shape index (κ1) is 16.3. The molecule has 0 radical (unpaired) electrons. The van der Waals surface area contributed by atoms with Gasteiger partial charge < -0.3 is 0 Å². The Morgan fingerprint density at radius 3 is 2.36 bits per heavy atom. The molecule has 116 valence electrons. The molecule has 2 aromatic carbocycles. The normalized spacial score (nSPS) is 11.2. The lowest BCUT2D eigenvalue weighted by Crippen LogP contribution is -2.13. The first-order valence-corrected chi connectivity index (χ1v) is 8.11. The molecule has 0 atom stereocenters. The van der Waals surface area contributed by atoms with E-state index in [-0.39, 0.29) is 21.3 Å².